The quantitative estimate of drug-likeness (QED) is 0.857. The number of carbonyl (C=O) groups excluding carboxylic acids is 2. The van der Waals surface area contributed by atoms with Gasteiger partial charge in [-0.1, -0.05) is 31.3 Å². The molecule has 2 heterocycles. The summed E-state index contributed by atoms with van der Waals surface area (Å²) in [7, 11) is 0. The van der Waals surface area contributed by atoms with Gasteiger partial charge in [0.15, 0.2) is 5.13 Å². The number of amides is 1. The standard InChI is InChI=1S/C15H17N3O3S/c1-9(2)8-21-14(20)12-10(3)17-15(22-12)18-13(19)11-6-4-5-7-16-11/h4-7,9H,8H2,1-3H3,(H,17,18,19). The minimum Gasteiger partial charge on any atom is -0.461 e. The summed E-state index contributed by atoms with van der Waals surface area (Å²) in [4.78, 5) is 32.5. The van der Waals surface area contributed by atoms with Gasteiger partial charge in [0.1, 0.15) is 10.6 Å². The molecular weight excluding hydrogens is 302 g/mol. The van der Waals surface area contributed by atoms with Crippen LogP contribution in [0.3, 0.4) is 0 Å². The van der Waals surface area contributed by atoms with Crippen LogP contribution in [0.25, 0.3) is 0 Å². The smallest absolute Gasteiger partial charge is 0.350 e. The highest BCUT2D eigenvalue weighted by Crippen LogP contribution is 2.24. The lowest BCUT2D eigenvalue weighted by Gasteiger charge is -2.05. The Balaban J connectivity index is 2.06. The molecule has 116 valence electrons. The third-order valence-electron chi connectivity index (χ3n) is 2.65. The Morgan fingerprint density at radius 2 is 2.14 bits per heavy atom. The van der Waals surface area contributed by atoms with Crippen LogP contribution in [0.4, 0.5) is 5.13 Å². The predicted octanol–water partition coefficient (Wildman–Crippen LogP) is 2.91. The molecule has 0 radical (unpaired) electrons. The summed E-state index contributed by atoms with van der Waals surface area (Å²) in [6.07, 6.45) is 1.54. The van der Waals surface area contributed by atoms with Crippen molar-refractivity contribution >= 4 is 28.3 Å². The Kier molecular flexibility index (Phi) is 5.21. The van der Waals surface area contributed by atoms with Crippen LogP contribution >= 0.6 is 11.3 Å². The van der Waals surface area contributed by atoms with Crippen LogP contribution in [0.1, 0.15) is 39.7 Å². The minimum absolute atomic E-state index is 0.264. The second-order valence-corrected chi connectivity index (χ2v) is 6.09. The Hall–Kier alpha value is -2.28. The summed E-state index contributed by atoms with van der Waals surface area (Å²) >= 11 is 1.10. The van der Waals surface area contributed by atoms with Gasteiger partial charge in [-0.2, -0.15) is 0 Å². The molecule has 6 nitrogen and oxygen atoms in total. The molecule has 0 aliphatic rings. The molecule has 0 saturated heterocycles. The van der Waals surface area contributed by atoms with Gasteiger partial charge in [0, 0.05) is 6.20 Å². The van der Waals surface area contributed by atoms with Crippen LogP contribution in [-0.2, 0) is 4.74 Å². The van der Waals surface area contributed by atoms with Gasteiger partial charge in [0.2, 0.25) is 0 Å². The van der Waals surface area contributed by atoms with E-state index in [0.717, 1.165) is 11.3 Å². The van der Waals surface area contributed by atoms with Crippen molar-refractivity contribution in [2.24, 2.45) is 5.92 Å². The van der Waals surface area contributed by atoms with Crippen LogP contribution in [0, 0.1) is 12.8 Å². The molecule has 0 aliphatic carbocycles. The summed E-state index contributed by atoms with van der Waals surface area (Å²) < 4.78 is 5.18. The van der Waals surface area contributed by atoms with E-state index in [1.54, 1.807) is 25.1 Å². The maximum Gasteiger partial charge on any atom is 0.350 e. The van der Waals surface area contributed by atoms with Gasteiger partial charge in [0.05, 0.1) is 12.3 Å². The molecule has 0 saturated carbocycles. The first-order valence-corrected chi connectivity index (χ1v) is 7.66. The Bertz CT molecular complexity index is 668. The summed E-state index contributed by atoms with van der Waals surface area (Å²) in [5, 5.41) is 2.99. The lowest BCUT2D eigenvalue weighted by atomic mass is 10.2. The van der Waals surface area contributed by atoms with Crippen molar-refractivity contribution in [3.8, 4) is 0 Å². The zero-order valence-electron chi connectivity index (χ0n) is 12.6. The van der Waals surface area contributed by atoms with Crippen molar-refractivity contribution in [3.63, 3.8) is 0 Å². The van der Waals surface area contributed by atoms with E-state index in [0.29, 0.717) is 28.0 Å². The number of aryl methyl sites for hydroxylation is 1. The topological polar surface area (TPSA) is 81.2 Å². The number of rotatable bonds is 5. The van der Waals surface area contributed by atoms with Gasteiger partial charge >= 0.3 is 5.97 Å². The molecule has 0 unspecified atom stereocenters. The van der Waals surface area contributed by atoms with Gasteiger partial charge in [-0.3, -0.25) is 15.1 Å². The first-order valence-electron chi connectivity index (χ1n) is 6.84. The molecule has 22 heavy (non-hydrogen) atoms. The molecule has 1 amide bonds. The molecular formula is C15H17N3O3S. The van der Waals surface area contributed by atoms with Crippen molar-refractivity contribution in [2.75, 3.05) is 11.9 Å². The number of pyridine rings is 1. The zero-order valence-corrected chi connectivity index (χ0v) is 13.4. The summed E-state index contributed by atoms with van der Waals surface area (Å²) in [5.41, 5.74) is 0.828. The number of hydrogen-bond acceptors (Lipinski definition) is 6. The third-order valence-corrected chi connectivity index (χ3v) is 3.70. The number of nitrogens with one attached hydrogen (secondary N) is 1. The van der Waals surface area contributed by atoms with Crippen LogP contribution in [0.2, 0.25) is 0 Å². The molecule has 0 fully saturated rings. The molecule has 0 spiro atoms. The van der Waals surface area contributed by atoms with E-state index >= 15 is 0 Å². The molecule has 1 N–H and O–H groups in total. The number of thiazole rings is 1. The first kappa shape index (κ1) is 16.1. The molecule has 2 rings (SSSR count). The van der Waals surface area contributed by atoms with Crippen LogP contribution in [-0.4, -0.2) is 28.5 Å². The normalized spacial score (nSPS) is 10.5. The zero-order chi connectivity index (χ0) is 16.1. The number of anilines is 1. The maximum absolute atomic E-state index is 12.0. The average molecular weight is 319 g/mol. The summed E-state index contributed by atoms with van der Waals surface area (Å²) in [6, 6.07) is 5.06. The Morgan fingerprint density at radius 3 is 2.77 bits per heavy atom. The van der Waals surface area contributed by atoms with Gasteiger partial charge in [0.25, 0.3) is 5.91 Å². The molecule has 0 bridgehead atoms. The number of carbonyl (C=O) groups is 2. The number of aromatic nitrogens is 2. The van der Waals surface area contributed by atoms with Crippen molar-refractivity contribution in [1.29, 1.82) is 0 Å². The minimum atomic E-state index is -0.415. The van der Waals surface area contributed by atoms with Gasteiger partial charge in [-0.25, -0.2) is 9.78 Å². The third kappa shape index (κ3) is 4.11. The fourth-order valence-corrected chi connectivity index (χ4v) is 2.46. The number of ether oxygens (including phenoxy) is 1. The van der Waals surface area contributed by atoms with Crippen LogP contribution in [0.5, 0.6) is 0 Å². The highest BCUT2D eigenvalue weighted by molar-refractivity contribution is 7.17. The second kappa shape index (κ2) is 7.13. The monoisotopic (exact) mass is 319 g/mol. The number of esters is 1. The highest BCUT2D eigenvalue weighted by Gasteiger charge is 2.18. The van der Waals surface area contributed by atoms with Crippen molar-refractivity contribution in [2.45, 2.75) is 20.8 Å². The molecule has 0 aromatic carbocycles. The van der Waals surface area contributed by atoms with E-state index in [2.05, 4.69) is 15.3 Å². The predicted molar refractivity (Wildman–Crippen MR) is 84.2 cm³/mol. The van der Waals surface area contributed by atoms with Crippen molar-refractivity contribution in [3.05, 3.63) is 40.7 Å². The summed E-state index contributed by atoms with van der Waals surface area (Å²) in [6.45, 7) is 5.99. The number of nitrogens with zero attached hydrogens (tertiary/aromatic N) is 2. The second-order valence-electron chi connectivity index (χ2n) is 5.09. The summed E-state index contributed by atoms with van der Waals surface area (Å²) in [5.74, 6) is -0.515. The van der Waals surface area contributed by atoms with E-state index in [9.17, 15) is 9.59 Å². The first-order chi connectivity index (χ1) is 10.5. The SMILES string of the molecule is Cc1nc(NC(=O)c2ccccn2)sc1C(=O)OCC(C)C. The largest absolute Gasteiger partial charge is 0.461 e. The van der Waals surface area contributed by atoms with E-state index in [4.69, 9.17) is 4.74 Å². The fraction of sp³-hybridized carbons (Fsp3) is 0.333. The Morgan fingerprint density at radius 1 is 1.36 bits per heavy atom. The Labute approximate surface area is 132 Å². The van der Waals surface area contributed by atoms with Crippen LogP contribution in [0.15, 0.2) is 24.4 Å². The molecule has 2 aromatic heterocycles. The molecule has 7 heteroatoms. The van der Waals surface area contributed by atoms with Crippen molar-refractivity contribution < 1.29 is 14.3 Å². The highest BCUT2D eigenvalue weighted by atomic mass is 32.1. The number of hydrogen-bond donors (Lipinski definition) is 1. The maximum atomic E-state index is 12.0. The van der Waals surface area contributed by atoms with Gasteiger partial charge in [-0.15, -0.1) is 0 Å². The van der Waals surface area contributed by atoms with Crippen molar-refractivity contribution in [1.82, 2.24) is 9.97 Å². The molecule has 0 aliphatic heterocycles. The fourth-order valence-electron chi connectivity index (χ4n) is 1.61. The van der Waals surface area contributed by atoms with E-state index in [1.807, 2.05) is 13.8 Å². The lowest BCUT2D eigenvalue weighted by Crippen LogP contribution is -2.13. The molecule has 2 aromatic rings. The van der Waals surface area contributed by atoms with Crippen LogP contribution < -0.4 is 5.32 Å². The van der Waals surface area contributed by atoms with E-state index in [-0.39, 0.29) is 11.8 Å². The van der Waals surface area contributed by atoms with E-state index < -0.39 is 5.97 Å². The molecule has 0 atom stereocenters. The average Bonchev–Trinajstić information content (AvgIpc) is 2.86. The lowest BCUT2D eigenvalue weighted by molar-refractivity contribution is 0.0463. The van der Waals surface area contributed by atoms with Gasteiger partial charge < -0.3 is 4.74 Å². The van der Waals surface area contributed by atoms with Gasteiger partial charge in [-0.05, 0) is 25.0 Å². The van der Waals surface area contributed by atoms with E-state index in [1.165, 1.54) is 6.20 Å².